The normalized spacial score (nSPS) is 29.3. The van der Waals surface area contributed by atoms with Crippen molar-refractivity contribution in [1.82, 2.24) is 0 Å². The van der Waals surface area contributed by atoms with E-state index in [1.54, 1.807) is 0 Å². The molecule has 2 N–H and O–H groups in total. The minimum Gasteiger partial charge on any atom is -0.390 e. The van der Waals surface area contributed by atoms with Crippen molar-refractivity contribution in [3.05, 3.63) is 35.4 Å². The number of benzene rings is 1. The van der Waals surface area contributed by atoms with E-state index >= 15 is 0 Å². The van der Waals surface area contributed by atoms with Crippen LogP contribution in [0.5, 0.6) is 0 Å². The summed E-state index contributed by atoms with van der Waals surface area (Å²) in [6.07, 6.45) is -2.87. The first-order valence-corrected chi connectivity index (χ1v) is 5.92. The van der Waals surface area contributed by atoms with E-state index in [4.69, 9.17) is 0 Å². The molecule has 1 aliphatic carbocycles. The standard InChI is InChI=1S/C13H15F3O2/c14-13(15,16)10-6-4-9(5-7-10)12(18)8-2-1-3-11(12)17/h4-7,11,17-18H,1-3,8H2/t11-,12-/m1/s1. The monoisotopic (exact) mass is 260 g/mol. The summed E-state index contributed by atoms with van der Waals surface area (Å²) in [5, 5.41) is 20.2. The van der Waals surface area contributed by atoms with Crippen LogP contribution in [0.1, 0.15) is 36.8 Å². The van der Waals surface area contributed by atoms with Gasteiger partial charge in [-0.25, -0.2) is 0 Å². The maximum Gasteiger partial charge on any atom is 0.416 e. The molecular formula is C13H15F3O2. The number of halogens is 3. The van der Waals surface area contributed by atoms with Crippen LogP contribution in [0.4, 0.5) is 13.2 Å². The molecule has 0 saturated heterocycles. The van der Waals surface area contributed by atoms with E-state index in [-0.39, 0.29) is 0 Å². The van der Waals surface area contributed by atoms with Gasteiger partial charge in [-0.1, -0.05) is 25.0 Å². The molecule has 0 radical (unpaired) electrons. The molecule has 2 atom stereocenters. The smallest absolute Gasteiger partial charge is 0.390 e. The highest BCUT2D eigenvalue weighted by Crippen LogP contribution is 2.38. The molecule has 5 heteroatoms. The Hall–Kier alpha value is -1.07. The van der Waals surface area contributed by atoms with E-state index in [9.17, 15) is 23.4 Å². The van der Waals surface area contributed by atoms with Gasteiger partial charge in [0, 0.05) is 0 Å². The van der Waals surface area contributed by atoms with Crippen LogP contribution in [-0.4, -0.2) is 16.3 Å². The third-order valence-electron chi connectivity index (χ3n) is 3.55. The molecule has 1 aromatic carbocycles. The Morgan fingerprint density at radius 1 is 1.11 bits per heavy atom. The summed E-state index contributed by atoms with van der Waals surface area (Å²) in [5.41, 5.74) is -1.81. The average molecular weight is 260 g/mol. The van der Waals surface area contributed by atoms with Gasteiger partial charge in [0.25, 0.3) is 0 Å². The Kier molecular flexibility index (Phi) is 3.38. The van der Waals surface area contributed by atoms with Crippen molar-refractivity contribution in [2.45, 2.75) is 43.6 Å². The Bertz CT molecular complexity index is 413. The zero-order valence-corrected chi connectivity index (χ0v) is 9.74. The minimum absolute atomic E-state index is 0.350. The second kappa shape index (κ2) is 4.55. The average Bonchev–Trinajstić information content (AvgIpc) is 2.32. The predicted octanol–water partition coefficient (Wildman–Crippen LogP) is 2.83. The quantitative estimate of drug-likeness (QED) is 0.815. The number of hydrogen-bond donors (Lipinski definition) is 2. The number of aliphatic hydroxyl groups is 2. The summed E-state index contributed by atoms with van der Waals surface area (Å²) in [7, 11) is 0. The molecule has 100 valence electrons. The van der Waals surface area contributed by atoms with Gasteiger partial charge in [0.2, 0.25) is 0 Å². The van der Waals surface area contributed by atoms with Crippen molar-refractivity contribution in [2.24, 2.45) is 0 Å². The van der Waals surface area contributed by atoms with Gasteiger partial charge >= 0.3 is 6.18 Å². The summed E-state index contributed by atoms with van der Waals surface area (Å²) in [4.78, 5) is 0. The molecule has 1 aliphatic rings. The van der Waals surface area contributed by atoms with Crippen molar-refractivity contribution in [1.29, 1.82) is 0 Å². The third kappa shape index (κ3) is 2.37. The third-order valence-corrected chi connectivity index (χ3v) is 3.55. The second-order valence-corrected chi connectivity index (χ2v) is 4.76. The summed E-state index contributed by atoms with van der Waals surface area (Å²) < 4.78 is 37.3. The molecule has 0 bridgehead atoms. The Morgan fingerprint density at radius 2 is 1.72 bits per heavy atom. The molecule has 1 fully saturated rings. The topological polar surface area (TPSA) is 40.5 Å². The molecule has 0 aromatic heterocycles. The number of hydrogen-bond acceptors (Lipinski definition) is 2. The fourth-order valence-electron chi connectivity index (χ4n) is 2.42. The molecule has 2 nitrogen and oxygen atoms in total. The van der Waals surface area contributed by atoms with Crippen LogP contribution in [0.25, 0.3) is 0 Å². The first-order chi connectivity index (χ1) is 8.34. The first-order valence-electron chi connectivity index (χ1n) is 5.92. The fraction of sp³-hybridized carbons (Fsp3) is 0.538. The lowest BCUT2D eigenvalue weighted by atomic mass is 9.77. The minimum atomic E-state index is -4.38. The van der Waals surface area contributed by atoms with Gasteiger partial charge in [-0.3, -0.25) is 0 Å². The van der Waals surface area contributed by atoms with Crippen LogP contribution in [0.15, 0.2) is 24.3 Å². The van der Waals surface area contributed by atoms with E-state index in [1.165, 1.54) is 12.1 Å². The van der Waals surface area contributed by atoms with Crippen LogP contribution in [-0.2, 0) is 11.8 Å². The second-order valence-electron chi connectivity index (χ2n) is 4.76. The SMILES string of the molecule is O[C@@H]1CCCC[C@@]1(O)c1ccc(C(F)(F)F)cc1. The van der Waals surface area contributed by atoms with E-state index in [0.29, 0.717) is 18.4 Å². The predicted molar refractivity (Wildman–Crippen MR) is 59.8 cm³/mol. The zero-order chi connectivity index (χ0) is 13.4. The lowest BCUT2D eigenvalue weighted by Gasteiger charge is -2.37. The molecule has 0 unspecified atom stereocenters. The summed E-state index contributed by atoms with van der Waals surface area (Å²) in [5.74, 6) is 0. The Morgan fingerprint density at radius 3 is 2.22 bits per heavy atom. The maximum atomic E-state index is 12.4. The van der Waals surface area contributed by atoms with E-state index in [0.717, 1.165) is 25.0 Å². The van der Waals surface area contributed by atoms with E-state index in [1.807, 2.05) is 0 Å². The molecule has 18 heavy (non-hydrogen) atoms. The van der Waals surface area contributed by atoms with Gasteiger partial charge in [-0.2, -0.15) is 13.2 Å². The molecule has 0 heterocycles. The van der Waals surface area contributed by atoms with Crippen LogP contribution in [0.2, 0.25) is 0 Å². The van der Waals surface area contributed by atoms with Crippen LogP contribution >= 0.6 is 0 Å². The van der Waals surface area contributed by atoms with Crippen molar-refractivity contribution in [3.8, 4) is 0 Å². The van der Waals surface area contributed by atoms with Gasteiger partial charge in [-0.05, 0) is 30.5 Å². The Labute approximate surface area is 103 Å². The van der Waals surface area contributed by atoms with Crippen molar-refractivity contribution in [2.75, 3.05) is 0 Å². The van der Waals surface area contributed by atoms with E-state index < -0.39 is 23.4 Å². The molecule has 1 saturated carbocycles. The van der Waals surface area contributed by atoms with Crippen LogP contribution in [0.3, 0.4) is 0 Å². The summed E-state index contributed by atoms with van der Waals surface area (Å²) in [6, 6.07) is 4.37. The summed E-state index contributed by atoms with van der Waals surface area (Å²) >= 11 is 0. The Balaban J connectivity index is 2.28. The summed E-state index contributed by atoms with van der Waals surface area (Å²) in [6.45, 7) is 0. The first kappa shape index (κ1) is 13.4. The van der Waals surface area contributed by atoms with Gasteiger partial charge in [-0.15, -0.1) is 0 Å². The van der Waals surface area contributed by atoms with Gasteiger partial charge in [0.05, 0.1) is 11.7 Å². The van der Waals surface area contributed by atoms with Gasteiger partial charge in [0.1, 0.15) is 5.60 Å². The van der Waals surface area contributed by atoms with E-state index in [2.05, 4.69) is 0 Å². The number of rotatable bonds is 1. The van der Waals surface area contributed by atoms with Crippen molar-refractivity contribution < 1.29 is 23.4 Å². The molecule has 0 aliphatic heterocycles. The van der Waals surface area contributed by atoms with Crippen LogP contribution in [0, 0.1) is 0 Å². The van der Waals surface area contributed by atoms with Crippen LogP contribution < -0.4 is 0 Å². The highest BCUT2D eigenvalue weighted by atomic mass is 19.4. The molecule has 0 amide bonds. The largest absolute Gasteiger partial charge is 0.416 e. The lowest BCUT2D eigenvalue weighted by molar-refractivity contribution is -0.137. The zero-order valence-electron chi connectivity index (χ0n) is 9.74. The lowest BCUT2D eigenvalue weighted by Crippen LogP contribution is -2.42. The maximum absolute atomic E-state index is 12.4. The molecule has 0 spiro atoms. The molecule has 1 aromatic rings. The fourth-order valence-corrected chi connectivity index (χ4v) is 2.42. The van der Waals surface area contributed by atoms with Crippen molar-refractivity contribution >= 4 is 0 Å². The van der Waals surface area contributed by atoms with Gasteiger partial charge < -0.3 is 10.2 Å². The number of alkyl halides is 3. The molecule has 2 rings (SSSR count). The highest BCUT2D eigenvalue weighted by molar-refractivity contribution is 5.30. The number of aliphatic hydroxyl groups excluding tert-OH is 1. The highest BCUT2D eigenvalue weighted by Gasteiger charge is 2.40. The van der Waals surface area contributed by atoms with Gasteiger partial charge in [0.15, 0.2) is 0 Å². The molecular weight excluding hydrogens is 245 g/mol. The van der Waals surface area contributed by atoms with Crippen molar-refractivity contribution in [3.63, 3.8) is 0 Å².